The van der Waals surface area contributed by atoms with Crippen molar-refractivity contribution in [2.24, 2.45) is 0 Å². The molecule has 3 aromatic rings. The highest BCUT2D eigenvalue weighted by atomic mass is 35.5. The molecule has 4 nitrogen and oxygen atoms in total. The molecular formula is C23H15ClF2N2O2S. The fraction of sp³-hybridized carbons (Fsp3) is 0.0435. The number of rotatable bonds is 5. The van der Waals surface area contributed by atoms with E-state index in [0.29, 0.717) is 5.69 Å². The predicted molar refractivity (Wildman–Crippen MR) is 118 cm³/mol. The Hall–Kier alpha value is -3.16. The molecule has 0 saturated heterocycles. The van der Waals surface area contributed by atoms with Crippen LogP contribution in [0.1, 0.15) is 5.56 Å². The van der Waals surface area contributed by atoms with Crippen LogP contribution < -0.4 is 10.2 Å². The average Bonchev–Trinajstić information content (AvgIpc) is 2.97. The van der Waals surface area contributed by atoms with E-state index >= 15 is 0 Å². The summed E-state index contributed by atoms with van der Waals surface area (Å²) >= 11 is 6.93. The Bertz CT molecular complexity index is 1230. The first-order chi connectivity index (χ1) is 14.8. The normalized spacial score (nSPS) is 13.9. The van der Waals surface area contributed by atoms with E-state index in [9.17, 15) is 18.4 Å². The van der Waals surface area contributed by atoms with Crippen LogP contribution in [0.2, 0.25) is 5.02 Å². The third-order valence-corrected chi connectivity index (χ3v) is 5.94. The van der Waals surface area contributed by atoms with Gasteiger partial charge in [0.05, 0.1) is 10.7 Å². The number of anilines is 2. The molecule has 0 atom stereocenters. The highest BCUT2D eigenvalue weighted by Gasteiger charge is 2.41. The molecule has 0 bridgehead atoms. The standard InChI is InChI=1S/C23H15ClF2N2O2S/c1-13-6-9-15(10-7-13)31-21-20(27-14-8-11-17(25)16(24)12-14)22(29)28(23(21)30)19-5-3-2-4-18(19)26/h2-12,27H,1H3. The Labute approximate surface area is 186 Å². The second kappa shape index (κ2) is 8.53. The van der Waals surface area contributed by atoms with Gasteiger partial charge in [-0.25, -0.2) is 13.7 Å². The number of nitrogens with zero attached hydrogens (tertiary/aromatic N) is 1. The topological polar surface area (TPSA) is 49.4 Å². The predicted octanol–water partition coefficient (Wildman–Crippen LogP) is 5.92. The average molecular weight is 457 g/mol. The molecule has 0 fully saturated rings. The van der Waals surface area contributed by atoms with Crippen LogP contribution in [0.4, 0.5) is 20.2 Å². The summed E-state index contributed by atoms with van der Waals surface area (Å²) in [6, 6.07) is 16.8. The highest BCUT2D eigenvalue weighted by Crippen LogP contribution is 2.38. The first kappa shape index (κ1) is 21.1. The number of carbonyl (C=O) groups excluding carboxylic acids is 2. The maximum absolute atomic E-state index is 14.4. The summed E-state index contributed by atoms with van der Waals surface area (Å²) in [5, 5.41) is 2.73. The van der Waals surface area contributed by atoms with Gasteiger partial charge in [-0.05, 0) is 49.4 Å². The van der Waals surface area contributed by atoms with E-state index in [0.717, 1.165) is 33.2 Å². The largest absolute Gasteiger partial charge is 0.350 e. The Morgan fingerprint density at radius 1 is 0.903 bits per heavy atom. The lowest BCUT2D eigenvalue weighted by Crippen LogP contribution is -2.33. The summed E-state index contributed by atoms with van der Waals surface area (Å²) in [5.41, 5.74) is 1.18. The summed E-state index contributed by atoms with van der Waals surface area (Å²) in [5.74, 6) is -2.69. The zero-order chi connectivity index (χ0) is 22.1. The molecule has 0 aliphatic carbocycles. The van der Waals surface area contributed by atoms with Crippen molar-refractivity contribution in [3.8, 4) is 0 Å². The van der Waals surface area contributed by atoms with Gasteiger partial charge in [-0.2, -0.15) is 0 Å². The summed E-state index contributed by atoms with van der Waals surface area (Å²) in [7, 11) is 0. The molecular weight excluding hydrogens is 442 g/mol. The lowest BCUT2D eigenvalue weighted by atomic mass is 10.2. The molecule has 8 heteroatoms. The number of nitrogens with one attached hydrogen (secondary N) is 1. The number of thioether (sulfide) groups is 1. The van der Waals surface area contributed by atoms with Gasteiger partial charge >= 0.3 is 0 Å². The van der Waals surface area contributed by atoms with E-state index in [1.54, 1.807) is 0 Å². The Morgan fingerprint density at radius 2 is 1.61 bits per heavy atom. The maximum Gasteiger partial charge on any atom is 0.283 e. The third kappa shape index (κ3) is 4.19. The van der Waals surface area contributed by atoms with Gasteiger partial charge in [-0.1, -0.05) is 53.2 Å². The molecule has 4 rings (SSSR count). The molecule has 3 aromatic carbocycles. The number of hydrogen-bond acceptors (Lipinski definition) is 4. The summed E-state index contributed by atoms with van der Waals surface area (Å²) in [6.07, 6.45) is 0. The lowest BCUT2D eigenvalue weighted by molar-refractivity contribution is -0.120. The Morgan fingerprint density at radius 3 is 2.29 bits per heavy atom. The number of amides is 2. The number of aryl methyl sites for hydroxylation is 1. The zero-order valence-corrected chi connectivity index (χ0v) is 17.7. The zero-order valence-electron chi connectivity index (χ0n) is 16.2. The molecule has 0 spiro atoms. The van der Waals surface area contributed by atoms with Gasteiger partial charge in [0.25, 0.3) is 11.8 Å². The molecule has 0 unspecified atom stereocenters. The van der Waals surface area contributed by atoms with Crippen LogP contribution in [0.25, 0.3) is 0 Å². The fourth-order valence-corrected chi connectivity index (χ4v) is 4.12. The first-order valence-electron chi connectivity index (χ1n) is 9.19. The van der Waals surface area contributed by atoms with Crippen molar-refractivity contribution < 1.29 is 18.4 Å². The van der Waals surface area contributed by atoms with Crippen molar-refractivity contribution in [3.05, 3.63) is 99.6 Å². The lowest BCUT2D eigenvalue weighted by Gasteiger charge is -2.16. The van der Waals surface area contributed by atoms with Gasteiger partial charge < -0.3 is 5.32 Å². The van der Waals surface area contributed by atoms with Crippen LogP contribution in [0, 0.1) is 18.6 Å². The number of imide groups is 1. The SMILES string of the molecule is Cc1ccc(SC2=C(Nc3ccc(F)c(Cl)c3)C(=O)N(c3ccccc3F)C2=O)cc1. The van der Waals surface area contributed by atoms with Gasteiger partial charge in [-0.15, -0.1) is 0 Å². The number of halogens is 3. The van der Waals surface area contributed by atoms with E-state index in [2.05, 4.69) is 5.32 Å². The minimum Gasteiger partial charge on any atom is -0.350 e. The van der Waals surface area contributed by atoms with Gasteiger partial charge in [0, 0.05) is 10.6 Å². The minimum absolute atomic E-state index is 0.0403. The maximum atomic E-state index is 14.4. The molecule has 0 aromatic heterocycles. The van der Waals surface area contributed by atoms with Crippen molar-refractivity contribution >= 4 is 46.6 Å². The quantitative estimate of drug-likeness (QED) is 0.484. The van der Waals surface area contributed by atoms with Crippen LogP contribution in [0.15, 0.2) is 82.2 Å². The van der Waals surface area contributed by atoms with Crippen LogP contribution in [-0.2, 0) is 9.59 Å². The van der Waals surface area contributed by atoms with E-state index in [-0.39, 0.29) is 21.3 Å². The smallest absolute Gasteiger partial charge is 0.283 e. The second-order valence-corrected chi connectivity index (χ2v) is 8.26. The second-order valence-electron chi connectivity index (χ2n) is 6.77. The summed E-state index contributed by atoms with van der Waals surface area (Å²) < 4.78 is 27.9. The van der Waals surface area contributed by atoms with Gasteiger partial charge in [0.2, 0.25) is 0 Å². The number of carbonyl (C=O) groups is 2. The molecule has 1 aliphatic heterocycles. The van der Waals surface area contributed by atoms with Crippen molar-refractivity contribution in [3.63, 3.8) is 0 Å². The minimum atomic E-state index is -0.717. The molecule has 1 heterocycles. The fourth-order valence-electron chi connectivity index (χ4n) is 3.01. The van der Waals surface area contributed by atoms with Gasteiger partial charge in [0.1, 0.15) is 22.2 Å². The summed E-state index contributed by atoms with van der Waals surface area (Å²) in [6.45, 7) is 1.93. The van der Waals surface area contributed by atoms with E-state index in [1.165, 1.54) is 36.4 Å². The van der Waals surface area contributed by atoms with Crippen molar-refractivity contribution in [1.82, 2.24) is 0 Å². The van der Waals surface area contributed by atoms with Crippen LogP contribution >= 0.6 is 23.4 Å². The van der Waals surface area contributed by atoms with E-state index in [4.69, 9.17) is 11.6 Å². The van der Waals surface area contributed by atoms with Crippen LogP contribution in [0.3, 0.4) is 0 Å². The van der Waals surface area contributed by atoms with Crippen LogP contribution in [0.5, 0.6) is 0 Å². The molecule has 0 radical (unpaired) electrons. The molecule has 31 heavy (non-hydrogen) atoms. The molecule has 0 saturated carbocycles. The van der Waals surface area contributed by atoms with Gasteiger partial charge in [0.15, 0.2) is 0 Å². The van der Waals surface area contributed by atoms with Crippen molar-refractivity contribution in [2.45, 2.75) is 11.8 Å². The van der Waals surface area contributed by atoms with E-state index in [1.807, 2.05) is 31.2 Å². The molecule has 1 N–H and O–H groups in total. The van der Waals surface area contributed by atoms with Crippen LogP contribution in [-0.4, -0.2) is 11.8 Å². The monoisotopic (exact) mass is 456 g/mol. The first-order valence-corrected chi connectivity index (χ1v) is 10.4. The Balaban J connectivity index is 1.77. The Kier molecular flexibility index (Phi) is 5.80. The molecule has 156 valence electrons. The molecule has 2 amide bonds. The number of hydrogen-bond donors (Lipinski definition) is 1. The van der Waals surface area contributed by atoms with Crippen molar-refractivity contribution in [1.29, 1.82) is 0 Å². The third-order valence-electron chi connectivity index (χ3n) is 4.56. The van der Waals surface area contributed by atoms with Gasteiger partial charge in [-0.3, -0.25) is 9.59 Å². The summed E-state index contributed by atoms with van der Waals surface area (Å²) in [4.78, 5) is 28.0. The molecule has 1 aliphatic rings. The number of para-hydroxylation sites is 1. The van der Waals surface area contributed by atoms with Crippen molar-refractivity contribution in [2.75, 3.05) is 10.2 Å². The number of benzene rings is 3. The van der Waals surface area contributed by atoms with E-state index < -0.39 is 23.4 Å². The highest BCUT2D eigenvalue weighted by molar-refractivity contribution is 8.04.